The van der Waals surface area contributed by atoms with E-state index < -0.39 is 0 Å². The largest absolute Gasteiger partial charge is 0.327 e. The van der Waals surface area contributed by atoms with E-state index in [9.17, 15) is 0 Å². The highest BCUT2D eigenvalue weighted by Gasteiger charge is 2.27. The molecule has 0 aliphatic carbocycles. The quantitative estimate of drug-likeness (QED) is 0.675. The van der Waals surface area contributed by atoms with E-state index in [2.05, 4.69) is 34.6 Å². The molecule has 0 aromatic rings. The molecule has 2 N–H and O–H groups in total. The van der Waals surface area contributed by atoms with Crippen molar-refractivity contribution in [3.8, 4) is 0 Å². The molecule has 2 atom stereocenters. The van der Waals surface area contributed by atoms with Gasteiger partial charge < -0.3 is 5.73 Å². The number of hydrogen-bond donors (Lipinski definition) is 1. The Labute approximate surface area is 77.7 Å². The van der Waals surface area contributed by atoms with Crippen molar-refractivity contribution in [3.05, 3.63) is 0 Å². The third kappa shape index (κ3) is 3.14. The molecule has 0 fully saturated rings. The van der Waals surface area contributed by atoms with Gasteiger partial charge in [0.25, 0.3) is 0 Å². The molecule has 0 bridgehead atoms. The first-order chi connectivity index (χ1) is 5.45. The zero-order valence-corrected chi connectivity index (χ0v) is 9.35. The summed E-state index contributed by atoms with van der Waals surface area (Å²) in [4.78, 5) is 0. The molecular formula is C11H25N. The van der Waals surface area contributed by atoms with Gasteiger partial charge in [-0.1, -0.05) is 47.5 Å². The molecule has 12 heavy (non-hydrogen) atoms. The van der Waals surface area contributed by atoms with Crippen LogP contribution in [0.5, 0.6) is 0 Å². The summed E-state index contributed by atoms with van der Waals surface area (Å²) < 4.78 is 0. The Morgan fingerprint density at radius 3 is 2.08 bits per heavy atom. The Balaban J connectivity index is 4.07. The maximum Gasteiger partial charge on any atom is 0.00695 e. The lowest BCUT2D eigenvalue weighted by molar-refractivity contribution is 0.182. The fourth-order valence-corrected chi connectivity index (χ4v) is 1.48. The van der Waals surface area contributed by atoms with Crippen LogP contribution in [-0.4, -0.2) is 6.04 Å². The smallest absolute Gasteiger partial charge is 0.00695 e. The predicted octanol–water partition coefficient (Wildman–Crippen LogP) is 3.19. The van der Waals surface area contributed by atoms with Gasteiger partial charge in [-0.2, -0.15) is 0 Å². The number of hydrogen-bond acceptors (Lipinski definition) is 1. The summed E-state index contributed by atoms with van der Waals surface area (Å²) in [6.45, 7) is 11.4. The molecule has 74 valence electrons. The van der Waals surface area contributed by atoms with Crippen LogP contribution in [0.4, 0.5) is 0 Å². The van der Waals surface area contributed by atoms with E-state index >= 15 is 0 Å². The fraction of sp³-hybridized carbons (Fsp3) is 1.00. The second-order valence-corrected chi connectivity index (χ2v) is 4.58. The molecule has 0 aromatic carbocycles. The van der Waals surface area contributed by atoms with Gasteiger partial charge in [0.2, 0.25) is 0 Å². The van der Waals surface area contributed by atoms with Gasteiger partial charge in [-0.3, -0.25) is 0 Å². The van der Waals surface area contributed by atoms with Gasteiger partial charge in [0.05, 0.1) is 0 Å². The van der Waals surface area contributed by atoms with Crippen molar-refractivity contribution in [2.75, 3.05) is 0 Å². The van der Waals surface area contributed by atoms with Gasteiger partial charge >= 0.3 is 0 Å². The highest BCUT2D eigenvalue weighted by Crippen LogP contribution is 2.32. The van der Waals surface area contributed by atoms with Crippen LogP contribution in [0.1, 0.15) is 53.9 Å². The zero-order chi connectivity index (χ0) is 9.78. The van der Waals surface area contributed by atoms with Crippen LogP contribution in [0, 0.1) is 11.3 Å². The molecule has 0 rings (SSSR count). The van der Waals surface area contributed by atoms with Crippen LogP contribution in [0.2, 0.25) is 0 Å². The Morgan fingerprint density at radius 2 is 1.75 bits per heavy atom. The lowest BCUT2D eigenvalue weighted by Crippen LogP contribution is -2.37. The van der Waals surface area contributed by atoms with Crippen molar-refractivity contribution in [2.45, 2.75) is 59.9 Å². The standard InChI is InChI=1S/C11H25N/c1-6-8-10(12)9(3)11(4,5)7-2/h9-10H,6-8,12H2,1-5H3. The van der Waals surface area contributed by atoms with E-state index in [0.717, 1.165) is 6.42 Å². The first-order valence-electron chi connectivity index (χ1n) is 5.21. The Bertz CT molecular complexity index is 118. The Kier molecular flexibility index (Phi) is 4.84. The SMILES string of the molecule is CCCC(N)C(C)C(C)(C)CC. The van der Waals surface area contributed by atoms with Crippen LogP contribution in [-0.2, 0) is 0 Å². The minimum Gasteiger partial charge on any atom is -0.327 e. The molecule has 0 aromatic heterocycles. The maximum absolute atomic E-state index is 6.09. The summed E-state index contributed by atoms with van der Waals surface area (Å²) in [5, 5.41) is 0. The van der Waals surface area contributed by atoms with Crippen molar-refractivity contribution in [3.63, 3.8) is 0 Å². The maximum atomic E-state index is 6.09. The topological polar surface area (TPSA) is 26.0 Å². The third-order valence-corrected chi connectivity index (χ3v) is 3.41. The van der Waals surface area contributed by atoms with Crippen LogP contribution in [0.25, 0.3) is 0 Å². The van der Waals surface area contributed by atoms with Gasteiger partial charge in [-0.25, -0.2) is 0 Å². The molecule has 0 saturated carbocycles. The monoisotopic (exact) mass is 171 g/mol. The molecule has 0 heterocycles. The van der Waals surface area contributed by atoms with E-state index in [1.807, 2.05) is 0 Å². The Hall–Kier alpha value is -0.0400. The summed E-state index contributed by atoms with van der Waals surface area (Å²) in [5.41, 5.74) is 6.49. The second kappa shape index (κ2) is 4.86. The molecule has 0 saturated heterocycles. The number of rotatable bonds is 5. The predicted molar refractivity (Wildman–Crippen MR) is 56.1 cm³/mol. The van der Waals surface area contributed by atoms with Crippen LogP contribution < -0.4 is 5.73 Å². The zero-order valence-electron chi connectivity index (χ0n) is 9.35. The molecule has 0 aliphatic rings. The summed E-state index contributed by atoms with van der Waals surface area (Å²) >= 11 is 0. The third-order valence-electron chi connectivity index (χ3n) is 3.41. The van der Waals surface area contributed by atoms with Crippen molar-refractivity contribution >= 4 is 0 Å². The summed E-state index contributed by atoms with van der Waals surface area (Å²) in [6.07, 6.45) is 3.57. The average Bonchev–Trinajstić information content (AvgIpc) is 2.03. The van der Waals surface area contributed by atoms with Crippen molar-refractivity contribution in [2.24, 2.45) is 17.1 Å². The first-order valence-corrected chi connectivity index (χ1v) is 5.21. The molecule has 1 nitrogen and oxygen atoms in total. The van der Waals surface area contributed by atoms with Crippen LogP contribution in [0.3, 0.4) is 0 Å². The highest BCUT2D eigenvalue weighted by atomic mass is 14.7. The van der Waals surface area contributed by atoms with Crippen molar-refractivity contribution < 1.29 is 0 Å². The van der Waals surface area contributed by atoms with Gasteiger partial charge in [0.1, 0.15) is 0 Å². The summed E-state index contributed by atoms with van der Waals surface area (Å²) in [6, 6.07) is 0.380. The van der Waals surface area contributed by atoms with Crippen molar-refractivity contribution in [1.82, 2.24) is 0 Å². The highest BCUT2D eigenvalue weighted by molar-refractivity contribution is 4.81. The van der Waals surface area contributed by atoms with E-state index in [-0.39, 0.29) is 0 Å². The minimum atomic E-state index is 0.380. The van der Waals surface area contributed by atoms with Gasteiger partial charge in [-0.05, 0) is 17.8 Å². The lowest BCUT2D eigenvalue weighted by Gasteiger charge is -2.34. The van der Waals surface area contributed by atoms with E-state index in [1.165, 1.54) is 12.8 Å². The fourth-order valence-electron chi connectivity index (χ4n) is 1.48. The molecule has 0 spiro atoms. The second-order valence-electron chi connectivity index (χ2n) is 4.58. The first kappa shape index (κ1) is 12.0. The summed E-state index contributed by atoms with van der Waals surface area (Å²) in [5.74, 6) is 0.627. The van der Waals surface area contributed by atoms with Crippen LogP contribution in [0.15, 0.2) is 0 Å². The van der Waals surface area contributed by atoms with Crippen molar-refractivity contribution in [1.29, 1.82) is 0 Å². The van der Waals surface area contributed by atoms with E-state index in [1.54, 1.807) is 0 Å². The molecule has 0 amide bonds. The minimum absolute atomic E-state index is 0.380. The lowest BCUT2D eigenvalue weighted by atomic mass is 9.73. The van der Waals surface area contributed by atoms with E-state index in [0.29, 0.717) is 17.4 Å². The van der Waals surface area contributed by atoms with E-state index in [4.69, 9.17) is 5.73 Å². The Morgan fingerprint density at radius 1 is 1.25 bits per heavy atom. The molecule has 2 unspecified atom stereocenters. The normalized spacial score (nSPS) is 17.5. The number of nitrogens with two attached hydrogens (primary N) is 1. The van der Waals surface area contributed by atoms with Gasteiger partial charge in [-0.15, -0.1) is 0 Å². The molecular weight excluding hydrogens is 146 g/mol. The van der Waals surface area contributed by atoms with Crippen LogP contribution >= 0.6 is 0 Å². The van der Waals surface area contributed by atoms with Gasteiger partial charge in [0.15, 0.2) is 0 Å². The molecule has 0 aliphatic heterocycles. The summed E-state index contributed by atoms with van der Waals surface area (Å²) in [7, 11) is 0. The average molecular weight is 171 g/mol. The van der Waals surface area contributed by atoms with Gasteiger partial charge in [0, 0.05) is 6.04 Å². The molecule has 1 heteroatoms. The molecule has 0 radical (unpaired) electrons.